The molecule has 9 heteroatoms. The van der Waals surface area contributed by atoms with Gasteiger partial charge in [-0.25, -0.2) is 12.8 Å². The lowest BCUT2D eigenvalue weighted by Crippen LogP contribution is -2.51. The van der Waals surface area contributed by atoms with Gasteiger partial charge in [0.1, 0.15) is 17.6 Å². The summed E-state index contributed by atoms with van der Waals surface area (Å²) in [7, 11) is -3.43. The minimum atomic E-state index is -3.43. The van der Waals surface area contributed by atoms with Gasteiger partial charge >= 0.3 is 0 Å². The maximum atomic E-state index is 13.7. The number of ether oxygens (including phenoxy) is 2. The second kappa shape index (κ2) is 7.89. The smallest absolute Gasteiger partial charge is 0.238 e. The van der Waals surface area contributed by atoms with E-state index in [2.05, 4.69) is 5.32 Å². The first-order chi connectivity index (χ1) is 12.4. The predicted molar refractivity (Wildman–Crippen MR) is 92.6 cm³/mol. The molecular formula is C17H23FN2O5S. The molecule has 2 heterocycles. The summed E-state index contributed by atoms with van der Waals surface area (Å²) >= 11 is 0. The Morgan fingerprint density at radius 3 is 2.96 bits per heavy atom. The molecule has 0 saturated carbocycles. The average Bonchev–Trinajstić information content (AvgIpc) is 2.60. The van der Waals surface area contributed by atoms with E-state index in [9.17, 15) is 17.6 Å². The summed E-state index contributed by atoms with van der Waals surface area (Å²) in [5.41, 5.74) is 1.31. The van der Waals surface area contributed by atoms with Gasteiger partial charge in [0.05, 0.1) is 12.9 Å². The van der Waals surface area contributed by atoms with Gasteiger partial charge in [-0.15, -0.1) is 0 Å². The van der Waals surface area contributed by atoms with E-state index in [4.69, 9.17) is 9.47 Å². The van der Waals surface area contributed by atoms with Crippen LogP contribution >= 0.6 is 0 Å². The molecule has 0 aliphatic carbocycles. The molecule has 0 bridgehead atoms. The Balaban J connectivity index is 1.63. The molecule has 3 rings (SSSR count). The average molecular weight is 386 g/mol. The summed E-state index contributed by atoms with van der Waals surface area (Å²) < 4.78 is 49.3. The van der Waals surface area contributed by atoms with E-state index >= 15 is 0 Å². The summed E-state index contributed by atoms with van der Waals surface area (Å²) in [5, 5.41) is 2.77. The number of benzene rings is 1. The predicted octanol–water partition coefficient (Wildman–Crippen LogP) is 1.16. The molecule has 26 heavy (non-hydrogen) atoms. The first-order valence-corrected chi connectivity index (χ1v) is 10.5. The van der Waals surface area contributed by atoms with Crippen molar-refractivity contribution in [3.63, 3.8) is 0 Å². The van der Waals surface area contributed by atoms with Crippen molar-refractivity contribution in [3.05, 3.63) is 29.1 Å². The van der Waals surface area contributed by atoms with Crippen molar-refractivity contribution in [1.29, 1.82) is 0 Å². The lowest BCUT2D eigenvalue weighted by Gasteiger charge is -2.32. The molecular weight excluding hydrogens is 363 g/mol. The van der Waals surface area contributed by atoms with Crippen molar-refractivity contribution in [1.82, 2.24) is 9.62 Å². The van der Waals surface area contributed by atoms with Crippen LogP contribution in [0.3, 0.4) is 0 Å². The molecule has 1 amide bonds. The van der Waals surface area contributed by atoms with Crippen LogP contribution in [0.15, 0.2) is 12.1 Å². The largest absolute Gasteiger partial charge is 0.467 e. The van der Waals surface area contributed by atoms with Gasteiger partial charge in [0.2, 0.25) is 15.9 Å². The van der Waals surface area contributed by atoms with Crippen LogP contribution < -0.4 is 10.1 Å². The molecule has 1 aromatic rings. The van der Waals surface area contributed by atoms with E-state index in [1.165, 1.54) is 16.4 Å². The fraction of sp³-hybridized carbons (Fsp3) is 0.588. The van der Waals surface area contributed by atoms with Gasteiger partial charge < -0.3 is 14.8 Å². The number of halogens is 1. The molecule has 1 saturated heterocycles. The van der Waals surface area contributed by atoms with Crippen LogP contribution in [0.2, 0.25) is 0 Å². The monoisotopic (exact) mass is 386 g/mol. The standard InChI is InChI=1S/C17H23FN2O5S/c1-26(22,23)20-7-3-2-4-15(20)17(21)19-6-5-12-8-14(18)9-13-10-24-11-25-16(12)13/h8-9,15H,2-7,10-11H2,1H3,(H,19,21). The minimum absolute atomic E-state index is 0.114. The molecule has 1 atom stereocenters. The highest BCUT2D eigenvalue weighted by Gasteiger charge is 2.34. The third-order valence-corrected chi connectivity index (χ3v) is 5.92. The molecule has 0 spiro atoms. The van der Waals surface area contributed by atoms with Gasteiger partial charge in [-0.1, -0.05) is 6.42 Å². The van der Waals surface area contributed by atoms with E-state index in [1.807, 2.05) is 0 Å². The normalized spacial score (nSPS) is 20.9. The molecule has 0 radical (unpaired) electrons. The second-order valence-electron chi connectivity index (χ2n) is 6.59. The molecule has 0 aromatic heterocycles. The minimum Gasteiger partial charge on any atom is -0.467 e. The Bertz CT molecular complexity index is 784. The Kier molecular flexibility index (Phi) is 5.79. The zero-order chi connectivity index (χ0) is 18.7. The van der Waals surface area contributed by atoms with Crippen LogP contribution in [-0.2, 0) is 32.6 Å². The van der Waals surface area contributed by atoms with Crippen LogP contribution in [0, 0.1) is 5.82 Å². The quantitative estimate of drug-likeness (QED) is 0.821. The number of nitrogens with one attached hydrogen (secondary N) is 1. The van der Waals surface area contributed by atoms with Crippen molar-refractivity contribution >= 4 is 15.9 Å². The van der Waals surface area contributed by atoms with E-state index in [-0.39, 0.29) is 31.7 Å². The molecule has 1 unspecified atom stereocenters. The lowest BCUT2D eigenvalue weighted by molar-refractivity contribution is -0.125. The lowest BCUT2D eigenvalue weighted by atomic mass is 10.0. The van der Waals surface area contributed by atoms with E-state index < -0.39 is 16.1 Å². The zero-order valence-electron chi connectivity index (χ0n) is 14.7. The molecule has 2 aliphatic rings. The number of hydrogen-bond donors (Lipinski definition) is 1. The van der Waals surface area contributed by atoms with Gasteiger partial charge in [0.15, 0.2) is 6.79 Å². The summed E-state index contributed by atoms with van der Waals surface area (Å²) in [5.74, 6) is -0.0957. The number of carbonyl (C=O) groups excluding carboxylic acids is 1. The van der Waals surface area contributed by atoms with Gasteiger partial charge in [0.25, 0.3) is 0 Å². The maximum absolute atomic E-state index is 13.7. The van der Waals surface area contributed by atoms with Crippen LogP contribution in [0.1, 0.15) is 30.4 Å². The van der Waals surface area contributed by atoms with Crippen molar-refractivity contribution in [2.24, 2.45) is 0 Å². The van der Waals surface area contributed by atoms with Crippen molar-refractivity contribution in [3.8, 4) is 5.75 Å². The zero-order valence-corrected chi connectivity index (χ0v) is 15.5. The Labute approximate surface area is 152 Å². The Hall–Kier alpha value is -1.71. The first kappa shape index (κ1) is 19.1. The van der Waals surface area contributed by atoms with Crippen molar-refractivity contribution in [2.75, 3.05) is 26.1 Å². The van der Waals surface area contributed by atoms with Gasteiger partial charge in [-0.3, -0.25) is 4.79 Å². The van der Waals surface area contributed by atoms with Gasteiger partial charge in [0, 0.05) is 18.7 Å². The van der Waals surface area contributed by atoms with Crippen molar-refractivity contribution in [2.45, 2.75) is 38.3 Å². The molecule has 1 fully saturated rings. The number of amides is 1. The summed E-state index contributed by atoms with van der Waals surface area (Å²) in [6.45, 7) is 1.04. The second-order valence-corrected chi connectivity index (χ2v) is 8.53. The number of carbonyl (C=O) groups is 1. The maximum Gasteiger partial charge on any atom is 0.238 e. The third-order valence-electron chi connectivity index (χ3n) is 4.63. The molecule has 144 valence electrons. The number of sulfonamides is 1. The fourth-order valence-electron chi connectivity index (χ4n) is 3.44. The van der Waals surface area contributed by atoms with Crippen LogP contribution in [0.25, 0.3) is 0 Å². The summed E-state index contributed by atoms with van der Waals surface area (Å²) in [6.07, 6.45) is 3.59. The number of hydrogen-bond acceptors (Lipinski definition) is 5. The van der Waals surface area contributed by atoms with E-state index in [0.29, 0.717) is 36.3 Å². The molecule has 2 aliphatic heterocycles. The van der Waals surface area contributed by atoms with Crippen LogP contribution in [0.4, 0.5) is 4.39 Å². The number of nitrogens with zero attached hydrogens (tertiary/aromatic N) is 1. The topological polar surface area (TPSA) is 84.9 Å². The molecule has 1 aromatic carbocycles. The SMILES string of the molecule is CS(=O)(=O)N1CCCCC1C(=O)NCCc1cc(F)cc2c1OCOC2. The number of rotatable bonds is 5. The number of fused-ring (bicyclic) bond motifs is 1. The number of piperidine rings is 1. The Morgan fingerprint density at radius 2 is 2.19 bits per heavy atom. The van der Waals surface area contributed by atoms with Gasteiger partial charge in [-0.05, 0) is 37.0 Å². The third kappa shape index (κ3) is 4.33. The van der Waals surface area contributed by atoms with Gasteiger partial charge in [-0.2, -0.15) is 4.31 Å². The molecule has 1 N–H and O–H groups in total. The van der Waals surface area contributed by atoms with Crippen LogP contribution in [-0.4, -0.2) is 50.8 Å². The molecule has 7 nitrogen and oxygen atoms in total. The fourth-order valence-corrected chi connectivity index (χ4v) is 4.57. The van der Waals surface area contributed by atoms with Crippen molar-refractivity contribution < 1.29 is 27.1 Å². The van der Waals surface area contributed by atoms with Crippen LogP contribution in [0.5, 0.6) is 5.75 Å². The highest BCUT2D eigenvalue weighted by molar-refractivity contribution is 7.88. The summed E-state index contributed by atoms with van der Waals surface area (Å²) in [6, 6.07) is 2.09. The van der Waals surface area contributed by atoms with E-state index in [1.54, 1.807) is 0 Å². The summed E-state index contributed by atoms with van der Waals surface area (Å²) in [4.78, 5) is 12.5. The Morgan fingerprint density at radius 1 is 1.38 bits per heavy atom. The van der Waals surface area contributed by atoms with E-state index in [0.717, 1.165) is 19.1 Å². The highest BCUT2D eigenvalue weighted by atomic mass is 32.2. The first-order valence-electron chi connectivity index (χ1n) is 8.62. The highest BCUT2D eigenvalue weighted by Crippen LogP contribution is 2.29.